The fraction of sp³-hybridized carbons (Fsp3) is 0.556. The van der Waals surface area contributed by atoms with E-state index in [4.69, 9.17) is 16.3 Å². The molecule has 0 aromatic heterocycles. The maximum Gasteiger partial charge on any atom is 0.255 e. The number of methoxy groups -OCH3 is 1. The number of aliphatic imine (C=N–C) groups is 1. The number of benzene rings is 1. The number of nitrogens with zero attached hydrogens (tertiary/aromatic N) is 3. The van der Waals surface area contributed by atoms with Gasteiger partial charge in [-0.1, -0.05) is 11.6 Å². The van der Waals surface area contributed by atoms with Crippen molar-refractivity contribution in [3.8, 4) is 5.75 Å². The molecule has 136 valence electrons. The van der Waals surface area contributed by atoms with Crippen LogP contribution in [0, 0.1) is 5.92 Å². The molecule has 4 rings (SSSR count). The Morgan fingerprint density at radius 3 is 2.68 bits per heavy atom. The lowest BCUT2D eigenvalue weighted by Crippen LogP contribution is -2.57. The van der Waals surface area contributed by atoms with Crippen LogP contribution in [-0.4, -0.2) is 68.9 Å². The van der Waals surface area contributed by atoms with E-state index >= 15 is 0 Å². The van der Waals surface area contributed by atoms with E-state index in [0.29, 0.717) is 27.9 Å². The summed E-state index contributed by atoms with van der Waals surface area (Å²) in [5.74, 6) is 0.911. The molecule has 3 aliphatic heterocycles. The third-order valence-corrected chi connectivity index (χ3v) is 5.22. The largest absolute Gasteiger partial charge is 0.496 e. The highest BCUT2D eigenvalue weighted by molar-refractivity contribution is 6.33. The van der Waals surface area contributed by atoms with Crippen LogP contribution in [0.3, 0.4) is 0 Å². The molecule has 3 saturated heterocycles. The van der Waals surface area contributed by atoms with Gasteiger partial charge in [-0.05, 0) is 37.9 Å². The molecule has 1 aromatic rings. The number of fused-ring (bicyclic) bond motifs is 3. The minimum atomic E-state index is -0.138. The van der Waals surface area contributed by atoms with Crippen LogP contribution in [0.5, 0.6) is 5.75 Å². The fourth-order valence-electron chi connectivity index (χ4n) is 3.54. The minimum absolute atomic E-state index is 0.138. The number of carbonyl (C=O) groups is 1. The highest BCUT2D eigenvalue weighted by Gasteiger charge is 2.35. The van der Waals surface area contributed by atoms with Gasteiger partial charge >= 0.3 is 0 Å². The lowest BCUT2D eigenvalue weighted by Gasteiger charge is -2.44. The van der Waals surface area contributed by atoms with E-state index in [1.54, 1.807) is 25.6 Å². The highest BCUT2D eigenvalue weighted by atomic mass is 35.5. The average Bonchev–Trinajstić information content (AvgIpc) is 2.61. The van der Waals surface area contributed by atoms with Gasteiger partial charge < -0.3 is 19.9 Å². The number of rotatable bonds is 5. The van der Waals surface area contributed by atoms with Crippen LogP contribution >= 0.6 is 11.6 Å². The second-order valence-electron chi connectivity index (χ2n) is 6.93. The molecular formula is C18H25ClN4O2. The van der Waals surface area contributed by atoms with Gasteiger partial charge in [-0.25, -0.2) is 4.99 Å². The number of ether oxygens (including phenoxy) is 1. The summed E-state index contributed by atoms with van der Waals surface area (Å²) in [5.41, 5.74) is 1.03. The van der Waals surface area contributed by atoms with Crippen molar-refractivity contribution in [3.63, 3.8) is 0 Å². The zero-order valence-corrected chi connectivity index (χ0v) is 15.7. The van der Waals surface area contributed by atoms with Crippen LogP contribution in [0.4, 0.5) is 5.69 Å². The number of halogens is 1. The summed E-state index contributed by atoms with van der Waals surface area (Å²) in [6.07, 6.45) is 3.97. The van der Waals surface area contributed by atoms with Crippen molar-refractivity contribution in [1.29, 1.82) is 0 Å². The van der Waals surface area contributed by atoms with Crippen LogP contribution in [0.25, 0.3) is 0 Å². The molecule has 6 nitrogen and oxygen atoms in total. The van der Waals surface area contributed by atoms with E-state index in [-0.39, 0.29) is 11.9 Å². The predicted octanol–water partition coefficient (Wildman–Crippen LogP) is 2.39. The fourth-order valence-corrected chi connectivity index (χ4v) is 3.75. The molecule has 2 bridgehead atoms. The van der Waals surface area contributed by atoms with E-state index in [1.807, 2.05) is 19.0 Å². The number of hydrogen-bond donors (Lipinski definition) is 1. The van der Waals surface area contributed by atoms with E-state index in [2.05, 4.69) is 15.2 Å². The summed E-state index contributed by atoms with van der Waals surface area (Å²) in [4.78, 5) is 21.3. The van der Waals surface area contributed by atoms with E-state index in [9.17, 15) is 4.79 Å². The third kappa shape index (κ3) is 4.07. The summed E-state index contributed by atoms with van der Waals surface area (Å²) in [6, 6.07) is 3.54. The van der Waals surface area contributed by atoms with Gasteiger partial charge in [0.2, 0.25) is 0 Å². The average molecular weight is 365 g/mol. The molecule has 0 aliphatic carbocycles. The Balaban J connectivity index is 1.78. The first-order valence-electron chi connectivity index (χ1n) is 8.59. The second kappa shape index (κ2) is 7.62. The summed E-state index contributed by atoms with van der Waals surface area (Å²) < 4.78 is 5.40. The second-order valence-corrected chi connectivity index (χ2v) is 7.34. The molecule has 0 spiro atoms. The SMILES string of the molecule is COc1cc(/N=C/N(C)C)c(Cl)cc1C(=O)NC1CN2CCC1CC2. The molecule has 1 N–H and O–H groups in total. The standard InChI is InChI=1S/C18H25ClN4O2/c1-22(2)11-20-15-9-17(25-3)13(8-14(15)19)18(24)21-16-10-23-6-4-12(16)5-7-23/h8-9,11-12,16H,4-7,10H2,1-3H3,(H,21,24)/b20-11+. The molecule has 1 aromatic carbocycles. The van der Waals surface area contributed by atoms with Gasteiger partial charge in [0.05, 0.1) is 29.7 Å². The van der Waals surface area contributed by atoms with Crippen molar-refractivity contribution in [2.24, 2.45) is 10.9 Å². The minimum Gasteiger partial charge on any atom is -0.496 e. The van der Waals surface area contributed by atoms with Crippen LogP contribution in [0.15, 0.2) is 17.1 Å². The first-order valence-corrected chi connectivity index (χ1v) is 8.97. The molecule has 0 saturated carbocycles. The molecule has 0 radical (unpaired) electrons. The maximum absolute atomic E-state index is 12.8. The van der Waals surface area contributed by atoms with Crippen LogP contribution < -0.4 is 10.1 Å². The van der Waals surface area contributed by atoms with Gasteiger partial charge in [0.25, 0.3) is 5.91 Å². The van der Waals surface area contributed by atoms with E-state index in [1.165, 1.54) is 0 Å². The summed E-state index contributed by atoms with van der Waals surface area (Å²) in [6.45, 7) is 3.22. The van der Waals surface area contributed by atoms with Crippen molar-refractivity contribution in [1.82, 2.24) is 15.1 Å². The van der Waals surface area contributed by atoms with E-state index in [0.717, 1.165) is 32.5 Å². The lowest BCUT2D eigenvalue weighted by atomic mass is 9.84. The topological polar surface area (TPSA) is 57.2 Å². The number of hydrogen-bond acceptors (Lipinski definition) is 4. The Hall–Kier alpha value is -1.79. The smallest absolute Gasteiger partial charge is 0.255 e. The predicted molar refractivity (Wildman–Crippen MR) is 100 cm³/mol. The lowest BCUT2D eigenvalue weighted by molar-refractivity contribution is 0.0619. The van der Waals surface area contributed by atoms with Crippen molar-refractivity contribution < 1.29 is 9.53 Å². The zero-order chi connectivity index (χ0) is 18.0. The van der Waals surface area contributed by atoms with Gasteiger partial charge in [-0.2, -0.15) is 0 Å². The number of nitrogens with one attached hydrogen (secondary N) is 1. The Labute approximate surface area is 153 Å². The molecule has 1 unspecified atom stereocenters. The first-order chi connectivity index (χ1) is 12.0. The number of carbonyl (C=O) groups excluding carboxylic acids is 1. The highest BCUT2D eigenvalue weighted by Crippen LogP contribution is 2.33. The van der Waals surface area contributed by atoms with Gasteiger partial charge in [-0.3, -0.25) is 4.79 Å². The zero-order valence-electron chi connectivity index (χ0n) is 15.0. The normalized spacial score (nSPS) is 25.2. The molecule has 25 heavy (non-hydrogen) atoms. The Bertz CT molecular complexity index is 669. The molecule has 1 amide bonds. The van der Waals surface area contributed by atoms with Crippen molar-refractivity contribution in [2.75, 3.05) is 40.8 Å². The monoisotopic (exact) mass is 364 g/mol. The summed E-state index contributed by atoms with van der Waals surface area (Å²) in [7, 11) is 5.31. The quantitative estimate of drug-likeness (QED) is 0.644. The molecule has 3 aliphatic rings. The van der Waals surface area contributed by atoms with Gasteiger partial charge in [0.1, 0.15) is 5.75 Å². The summed E-state index contributed by atoms with van der Waals surface area (Å²) in [5, 5.41) is 3.60. The van der Waals surface area contributed by atoms with Crippen molar-refractivity contribution >= 4 is 29.5 Å². The Morgan fingerprint density at radius 1 is 1.40 bits per heavy atom. The van der Waals surface area contributed by atoms with Crippen molar-refractivity contribution in [2.45, 2.75) is 18.9 Å². The number of piperidine rings is 3. The van der Waals surface area contributed by atoms with E-state index < -0.39 is 0 Å². The molecule has 3 heterocycles. The molecular weight excluding hydrogens is 340 g/mol. The van der Waals surface area contributed by atoms with Crippen molar-refractivity contribution in [3.05, 3.63) is 22.7 Å². The maximum atomic E-state index is 12.8. The summed E-state index contributed by atoms with van der Waals surface area (Å²) >= 11 is 6.32. The van der Waals surface area contributed by atoms with Gasteiger partial charge in [0.15, 0.2) is 0 Å². The molecule has 3 fully saturated rings. The third-order valence-electron chi connectivity index (χ3n) is 4.91. The molecule has 1 atom stereocenters. The first kappa shape index (κ1) is 18.0. The Morgan fingerprint density at radius 2 is 2.12 bits per heavy atom. The molecule has 7 heteroatoms. The van der Waals surface area contributed by atoms with Crippen LogP contribution in [0.1, 0.15) is 23.2 Å². The Kier molecular flexibility index (Phi) is 5.49. The van der Waals surface area contributed by atoms with Gasteiger partial charge in [0, 0.05) is 32.7 Å². The van der Waals surface area contributed by atoms with Crippen LogP contribution in [-0.2, 0) is 0 Å². The number of amides is 1. The van der Waals surface area contributed by atoms with Gasteiger partial charge in [-0.15, -0.1) is 0 Å². The van der Waals surface area contributed by atoms with Crippen LogP contribution in [0.2, 0.25) is 5.02 Å².